The Morgan fingerprint density at radius 3 is 1.62 bits per heavy atom. The van der Waals surface area contributed by atoms with Gasteiger partial charge in [-0.2, -0.15) is 0 Å². The molecule has 0 amide bonds. The fourth-order valence-electron chi connectivity index (χ4n) is 7.75. The average Bonchev–Trinajstić information content (AvgIpc) is 4.04. The first-order valence-corrected chi connectivity index (χ1v) is 29.9. The fraction of sp³-hybridized carbons (Fsp3) is 0.596. The summed E-state index contributed by atoms with van der Waals surface area (Å²) < 4.78 is 15.3. The van der Waals surface area contributed by atoms with Gasteiger partial charge in [0.1, 0.15) is 17.0 Å². The van der Waals surface area contributed by atoms with Crippen LogP contribution in [0.5, 0.6) is 0 Å². The van der Waals surface area contributed by atoms with Crippen molar-refractivity contribution >= 4 is 61.8 Å². The number of H-pyrrole nitrogens is 2. The predicted octanol–water partition coefficient (Wildman–Crippen LogP) is 10.1. The summed E-state index contributed by atoms with van der Waals surface area (Å²) in [5.41, 5.74) is 4.63. The summed E-state index contributed by atoms with van der Waals surface area (Å²) in [5.74, 6) is 1.16. The van der Waals surface area contributed by atoms with Crippen LogP contribution in [0.25, 0.3) is 33.7 Å². The van der Waals surface area contributed by atoms with Gasteiger partial charge >= 0.3 is 176 Å². The molecule has 2 aliphatic heterocycles. The molecule has 0 radical (unpaired) electrons. The molecule has 0 bridgehead atoms. The topological polar surface area (TPSA) is 152 Å². The zero-order valence-electron chi connectivity index (χ0n) is 37.9. The van der Waals surface area contributed by atoms with Crippen LogP contribution in [0.15, 0.2) is 43.0 Å². The minimum atomic E-state index is -2.65. The number of unbranched alkanes of at least 4 members (excludes halogenated alkanes) is 3. The van der Waals surface area contributed by atoms with E-state index in [2.05, 4.69) is 46.8 Å². The standard InChI is InChI=1S/C20H23N5O.C11H12N3O.C4H8O2.3C4H9.Sn/c1-20(2,3)18(26)13-11-21-19-17(13)24-15(12-22-19)14-7-6-8-16(23-14)25-9-4-5-10-25;1-11(2,3)9(15)7-6-14-10-8(7)12-4-5-13-10;1-2-6-4-3-5-1;3*1-3-4-2;/h6-8,11-12H,4-5,9-10H2,1-3H3,(H,21,22);5-6H,1-3H3,(H,13,14);1-4H2;3*1,3-4H2,2H3;. The molecule has 326 valence electrons. The quantitative estimate of drug-likeness (QED) is 0.0813. The van der Waals surface area contributed by atoms with Crippen molar-refractivity contribution in [1.29, 1.82) is 0 Å². The fourth-order valence-corrected chi connectivity index (χ4v) is 22.9. The van der Waals surface area contributed by atoms with Gasteiger partial charge in [-0.3, -0.25) is 4.79 Å². The first-order valence-electron chi connectivity index (χ1n) is 22.4. The van der Waals surface area contributed by atoms with Crippen LogP contribution in [0.3, 0.4) is 0 Å². The molecule has 0 spiro atoms. The van der Waals surface area contributed by atoms with Crippen LogP contribution in [-0.2, 0) is 9.47 Å². The number of fused-ring (bicyclic) bond motifs is 2. The van der Waals surface area contributed by atoms with Crippen LogP contribution in [0.1, 0.15) is 134 Å². The molecule has 2 saturated heterocycles. The molecule has 2 N–H and O–H groups in total. The zero-order valence-corrected chi connectivity index (χ0v) is 40.7. The second-order valence-electron chi connectivity index (χ2n) is 18.4. The van der Waals surface area contributed by atoms with Gasteiger partial charge in [-0.05, 0) is 25.0 Å². The molecule has 2 aliphatic rings. The third-order valence-electron chi connectivity index (χ3n) is 11.4. The van der Waals surface area contributed by atoms with Crippen molar-refractivity contribution in [2.24, 2.45) is 10.8 Å². The Bertz CT molecular complexity index is 2110. The molecule has 5 aromatic heterocycles. The summed E-state index contributed by atoms with van der Waals surface area (Å²) in [6.45, 7) is 23.7. The molecular weight excluding hydrogens is 859 g/mol. The van der Waals surface area contributed by atoms with Gasteiger partial charge in [0.15, 0.2) is 11.4 Å². The van der Waals surface area contributed by atoms with E-state index in [4.69, 9.17) is 29.4 Å². The molecule has 60 heavy (non-hydrogen) atoms. The number of aromatic amines is 2. The van der Waals surface area contributed by atoms with Crippen molar-refractivity contribution in [3.8, 4) is 11.4 Å². The minimum absolute atomic E-state index is 0.0500. The number of Topliss-reactive ketones (excluding diaryl/α,β-unsaturated/α-hetero) is 2. The summed E-state index contributed by atoms with van der Waals surface area (Å²) >= 11 is -2.65. The molecule has 0 atom stereocenters. The van der Waals surface area contributed by atoms with Crippen LogP contribution in [-0.4, -0.2) is 104 Å². The SMILES string of the molecule is C1COCCO1.CC(C)(C)C(=O)c1c[nH]c2ncc(-c3cccc(N4CCCC4)n3)nc12.CCC[CH2][Sn]([CH2]CCC)([CH2]CCC)[c]1cnc2[nH]cc(C(=O)C(C)(C)C)c2n1. The Morgan fingerprint density at radius 2 is 1.15 bits per heavy atom. The van der Waals surface area contributed by atoms with E-state index in [1.165, 1.54) is 68.4 Å². The van der Waals surface area contributed by atoms with Gasteiger partial charge < -0.3 is 19.4 Å². The van der Waals surface area contributed by atoms with E-state index in [0.717, 1.165) is 62.2 Å². The number of hydrogen-bond acceptors (Lipinski definition) is 10. The van der Waals surface area contributed by atoms with Gasteiger partial charge in [0.2, 0.25) is 0 Å². The Kier molecular flexibility index (Phi) is 17.2. The van der Waals surface area contributed by atoms with Crippen molar-refractivity contribution in [2.75, 3.05) is 44.4 Å². The maximum absolute atomic E-state index is 12.9. The zero-order chi connectivity index (χ0) is 43.3. The number of carbonyl (C=O) groups excluding carboxylic acids is 2. The van der Waals surface area contributed by atoms with Gasteiger partial charge in [-0.25, -0.2) is 15.0 Å². The van der Waals surface area contributed by atoms with Crippen molar-refractivity contribution in [1.82, 2.24) is 34.9 Å². The number of hydrogen-bond donors (Lipinski definition) is 2. The number of anilines is 1. The van der Waals surface area contributed by atoms with Gasteiger partial charge in [0.05, 0.1) is 43.9 Å². The molecule has 7 heterocycles. The van der Waals surface area contributed by atoms with Crippen LogP contribution in [0.4, 0.5) is 5.82 Å². The second-order valence-corrected chi connectivity index (χ2v) is 31.4. The van der Waals surface area contributed by atoms with Gasteiger partial charge in [-0.1, -0.05) is 26.8 Å². The number of aromatic nitrogens is 7. The Balaban J connectivity index is 0.000000199. The molecule has 0 unspecified atom stereocenters. The third-order valence-corrected chi connectivity index (χ3v) is 26.4. The van der Waals surface area contributed by atoms with Gasteiger partial charge in [0.25, 0.3) is 0 Å². The third kappa shape index (κ3) is 12.2. The summed E-state index contributed by atoms with van der Waals surface area (Å²) in [7, 11) is 0. The number of nitrogens with one attached hydrogen (secondary N) is 2. The number of rotatable bonds is 14. The Labute approximate surface area is 361 Å². The molecule has 5 aromatic rings. The molecule has 0 aromatic carbocycles. The summed E-state index contributed by atoms with van der Waals surface area (Å²) in [5, 5.41) is 0. The molecule has 13 heteroatoms. The van der Waals surface area contributed by atoms with Crippen molar-refractivity contribution < 1.29 is 19.1 Å². The predicted molar refractivity (Wildman–Crippen MR) is 246 cm³/mol. The molecular formula is C47H70N8O4Sn. The average molecular weight is 930 g/mol. The first kappa shape index (κ1) is 47.3. The van der Waals surface area contributed by atoms with E-state index in [1.807, 2.05) is 65.9 Å². The number of ether oxygens (including phenoxy) is 2. The van der Waals surface area contributed by atoms with Crippen molar-refractivity contribution in [3.63, 3.8) is 0 Å². The molecule has 2 fully saturated rings. The maximum atomic E-state index is 12.9. The van der Waals surface area contributed by atoms with E-state index < -0.39 is 29.2 Å². The summed E-state index contributed by atoms with van der Waals surface area (Å²) in [4.78, 5) is 58.0. The van der Waals surface area contributed by atoms with Crippen LogP contribution < -0.4 is 8.61 Å². The molecule has 7 rings (SSSR count). The molecule has 0 aliphatic carbocycles. The summed E-state index contributed by atoms with van der Waals surface area (Å²) in [6, 6.07) is 5.97. The Hall–Kier alpha value is -3.75. The van der Waals surface area contributed by atoms with E-state index in [1.54, 1.807) is 12.4 Å². The molecule has 12 nitrogen and oxygen atoms in total. The molecule has 0 saturated carbocycles. The van der Waals surface area contributed by atoms with E-state index in [9.17, 15) is 9.59 Å². The second kappa shape index (κ2) is 21.9. The van der Waals surface area contributed by atoms with Crippen LogP contribution in [0.2, 0.25) is 13.3 Å². The van der Waals surface area contributed by atoms with Crippen molar-refractivity contribution in [3.05, 3.63) is 54.1 Å². The van der Waals surface area contributed by atoms with Gasteiger partial charge in [0, 0.05) is 24.7 Å². The van der Waals surface area contributed by atoms with E-state index >= 15 is 0 Å². The Morgan fingerprint density at radius 1 is 0.667 bits per heavy atom. The van der Waals surface area contributed by atoms with E-state index in [0.29, 0.717) is 28.0 Å². The van der Waals surface area contributed by atoms with Gasteiger partial charge in [-0.15, -0.1) is 0 Å². The monoisotopic (exact) mass is 930 g/mol. The normalized spacial score (nSPS) is 14.8. The van der Waals surface area contributed by atoms with Crippen LogP contribution in [0, 0.1) is 10.8 Å². The van der Waals surface area contributed by atoms with Crippen molar-refractivity contribution in [2.45, 2.75) is 127 Å². The number of nitrogens with zero attached hydrogens (tertiary/aromatic N) is 6. The summed E-state index contributed by atoms with van der Waals surface area (Å²) in [6.07, 6.45) is 17.3. The van der Waals surface area contributed by atoms with E-state index in [-0.39, 0.29) is 11.6 Å². The number of carbonyl (C=O) groups is 2. The van der Waals surface area contributed by atoms with Crippen LogP contribution >= 0.6 is 0 Å². The number of pyridine rings is 1. The first-order chi connectivity index (χ1) is 28.7. The number of ketones is 2.